The zero-order valence-electron chi connectivity index (χ0n) is 41.0. The minimum Gasteiger partial charge on any atom is -0.456 e. The highest BCUT2D eigenvalue weighted by Gasteiger charge is 2.27. The average molecular weight is 954 g/mol. The van der Waals surface area contributed by atoms with E-state index in [1.807, 2.05) is 0 Å². The van der Waals surface area contributed by atoms with Gasteiger partial charge < -0.3 is 9.32 Å². The van der Waals surface area contributed by atoms with Gasteiger partial charge in [0.25, 0.3) is 0 Å². The Bertz CT molecular complexity index is 4400. The topological polar surface area (TPSA) is 16.4 Å². The number of hydrogen-bond donors (Lipinski definition) is 0. The summed E-state index contributed by atoms with van der Waals surface area (Å²) in [5.41, 5.74) is 13.7. The summed E-state index contributed by atoms with van der Waals surface area (Å²) in [5.74, 6) is -0.0574. The first-order chi connectivity index (χ1) is 37.2. The van der Waals surface area contributed by atoms with Crippen molar-refractivity contribution in [3.8, 4) is 22.3 Å². The fraction of sp³-hybridized carbons (Fsp3) is 0.0137. The molecule has 15 rings (SSSR count). The number of anilines is 3. The minimum atomic E-state index is -0.0574. The van der Waals surface area contributed by atoms with Crippen LogP contribution in [0.15, 0.2) is 283 Å². The Labute approximate surface area is 434 Å². The van der Waals surface area contributed by atoms with E-state index in [-0.39, 0.29) is 5.92 Å². The van der Waals surface area contributed by atoms with Crippen LogP contribution in [0.25, 0.3) is 109 Å². The zero-order valence-corrected chi connectivity index (χ0v) is 41.0. The molecule has 75 heavy (non-hydrogen) atoms. The van der Waals surface area contributed by atoms with E-state index in [9.17, 15) is 0 Å². The average Bonchev–Trinajstić information content (AvgIpc) is 3.85. The molecule has 2 heteroatoms. The first kappa shape index (κ1) is 42.9. The van der Waals surface area contributed by atoms with E-state index < -0.39 is 0 Å². The SMILES string of the molecule is c1ccc(-c2c(C(c3ccccc3)c3ccc4cc5c(cc4c3)oc3cc4cc(N(c6ccccc6)c6c(-c7ccccc7)c7ccccc7c7ccccc67)ccc4cc35)c3ccccc3c3ccccc23)cc1. The highest BCUT2D eigenvalue weighted by molar-refractivity contribution is 6.23. The van der Waals surface area contributed by atoms with Crippen LogP contribution in [0.5, 0.6) is 0 Å². The molecule has 0 spiro atoms. The van der Waals surface area contributed by atoms with Crippen LogP contribution in [0, 0.1) is 0 Å². The Hall–Kier alpha value is -9.76. The molecule has 14 aromatic carbocycles. The van der Waals surface area contributed by atoms with E-state index in [1.165, 1.54) is 87.4 Å². The van der Waals surface area contributed by atoms with Gasteiger partial charge in [-0.3, -0.25) is 0 Å². The lowest BCUT2D eigenvalue weighted by Gasteiger charge is -2.30. The number of benzene rings is 14. The van der Waals surface area contributed by atoms with Crippen molar-refractivity contribution in [1.82, 2.24) is 0 Å². The van der Waals surface area contributed by atoms with Crippen molar-refractivity contribution in [2.45, 2.75) is 5.92 Å². The van der Waals surface area contributed by atoms with E-state index in [1.54, 1.807) is 0 Å². The second-order valence-electron chi connectivity index (χ2n) is 19.9. The van der Waals surface area contributed by atoms with Crippen LogP contribution >= 0.6 is 0 Å². The third-order valence-corrected chi connectivity index (χ3v) is 15.6. The van der Waals surface area contributed by atoms with Gasteiger partial charge in [-0.05, 0) is 141 Å². The Morgan fingerprint density at radius 2 is 0.707 bits per heavy atom. The second-order valence-corrected chi connectivity index (χ2v) is 19.9. The number of hydrogen-bond acceptors (Lipinski definition) is 2. The van der Waals surface area contributed by atoms with Crippen LogP contribution < -0.4 is 4.90 Å². The van der Waals surface area contributed by atoms with Crippen molar-refractivity contribution in [3.05, 3.63) is 296 Å². The first-order valence-corrected chi connectivity index (χ1v) is 25.9. The summed E-state index contributed by atoms with van der Waals surface area (Å²) in [6, 6.07) is 102. The maximum Gasteiger partial charge on any atom is 0.136 e. The minimum absolute atomic E-state index is 0.0574. The van der Waals surface area contributed by atoms with Gasteiger partial charge in [0.05, 0.1) is 5.69 Å². The van der Waals surface area contributed by atoms with Gasteiger partial charge in [-0.1, -0.05) is 231 Å². The molecule has 0 aliphatic rings. The molecule has 0 aliphatic carbocycles. The zero-order chi connectivity index (χ0) is 49.4. The maximum absolute atomic E-state index is 6.96. The van der Waals surface area contributed by atoms with Crippen LogP contribution in [0.4, 0.5) is 17.1 Å². The fourth-order valence-electron chi connectivity index (χ4n) is 12.4. The molecule has 1 aromatic heterocycles. The number of fused-ring (bicyclic) bond motifs is 11. The van der Waals surface area contributed by atoms with Gasteiger partial charge in [-0.15, -0.1) is 0 Å². The van der Waals surface area contributed by atoms with Gasteiger partial charge in [0.1, 0.15) is 11.2 Å². The van der Waals surface area contributed by atoms with Gasteiger partial charge >= 0.3 is 0 Å². The molecular weight excluding hydrogens is 907 g/mol. The smallest absolute Gasteiger partial charge is 0.136 e. The molecule has 0 bridgehead atoms. The molecule has 0 aliphatic heterocycles. The molecule has 0 N–H and O–H groups in total. The lowest BCUT2D eigenvalue weighted by atomic mass is 9.76. The van der Waals surface area contributed by atoms with Crippen molar-refractivity contribution in [2.75, 3.05) is 4.90 Å². The van der Waals surface area contributed by atoms with Gasteiger partial charge in [0.15, 0.2) is 0 Å². The number of nitrogens with zero attached hydrogens (tertiary/aromatic N) is 1. The molecule has 0 amide bonds. The Morgan fingerprint density at radius 1 is 0.267 bits per heavy atom. The summed E-state index contributed by atoms with van der Waals surface area (Å²) >= 11 is 0. The van der Waals surface area contributed by atoms with Crippen molar-refractivity contribution >= 4 is 104 Å². The van der Waals surface area contributed by atoms with E-state index in [4.69, 9.17) is 4.42 Å². The van der Waals surface area contributed by atoms with Crippen molar-refractivity contribution in [1.29, 1.82) is 0 Å². The molecular formula is C73H47NO. The molecule has 2 nitrogen and oxygen atoms in total. The third-order valence-electron chi connectivity index (χ3n) is 15.6. The van der Waals surface area contributed by atoms with E-state index in [0.29, 0.717) is 0 Å². The largest absolute Gasteiger partial charge is 0.456 e. The van der Waals surface area contributed by atoms with Crippen molar-refractivity contribution in [3.63, 3.8) is 0 Å². The summed E-state index contributed by atoms with van der Waals surface area (Å²) in [6.07, 6.45) is 0. The monoisotopic (exact) mass is 953 g/mol. The van der Waals surface area contributed by atoms with Crippen LogP contribution in [-0.4, -0.2) is 0 Å². The summed E-state index contributed by atoms with van der Waals surface area (Å²) < 4.78 is 6.96. The van der Waals surface area contributed by atoms with Crippen molar-refractivity contribution < 1.29 is 4.42 Å². The second kappa shape index (κ2) is 17.5. The summed E-state index contributed by atoms with van der Waals surface area (Å²) in [7, 11) is 0. The Balaban J connectivity index is 0.908. The molecule has 0 radical (unpaired) electrons. The summed E-state index contributed by atoms with van der Waals surface area (Å²) in [4.78, 5) is 2.45. The fourth-order valence-corrected chi connectivity index (χ4v) is 12.4. The lowest BCUT2D eigenvalue weighted by molar-refractivity contribution is 0.670. The van der Waals surface area contributed by atoms with Gasteiger partial charge in [-0.2, -0.15) is 0 Å². The molecule has 1 heterocycles. The summed E-state index contributed by atoms with van der Waals surface area (Å²) in [6.45, 7) is 0. The van der Waals surface area contributed by atoms with E-state index in [2.05, 4.69) is 284 Å². The highest BCUT2D eigenvalue weighted by Crippen LogP contribution is 2.51. The molecule has 1 atom stereocenters. The number of furan rings is 1. The van der Waals surface area contributed by atoms with Gasteiger partial charge in [-0.25, -0.2) is 0 Å². The molecule has 15 aromatic rings. The van der Waals surface area contributed by atoms with E-state index >= 15 is 0 Å². The lowest BCUT2D eigenvalue weighted by Crippen LogP contribution is -2.12. The first-order valence-electron chi connectivity index (χ1n) is 25.9. The quantitative estimate of drug-likeness (QED) is 0.111. The molecule has 0 saturated heterocycles. The standard InChI is InChI=1S/C73H47NO/c1-5-21-47(22-6-1)69(72-63-35-19-15-30-58(63)57-29-13-17-33-61(57)70(72)48-23-7-2-8-24-48)52-38-37-50-43-65-66-44-51-39-40-56(42-54(51)46-68(66)75-67(65)45-53(50)41-52)74(55-27-11-4-12-28-55)73-64-36-20-16-32-60(64)59-31-14-18-34-62(59)71(73)49-25-9-3-10-26-49/h1-46,69H. The number of rotatable bonds is 8. The molecule has 0 saturated carbocycles. The summed E-state index contributed by atoms with van der Waals surface area (Å²) in [5, 5.41) is 16.8. The van der Waals surface area contributed by atoms with Crippen LogP contribution in [0.2, 0.25) is 0 Å². The predicted octanol–water partition coefficient (Wildman–Crippen LogP) is 20.5. The molecule has 1 unspecified atom stereocenters. The van der Waals surface area contributed by atoms with Gasteiger partial charge in [0.2, 0.25) is 0 Å². The normalized spacial score (nSPS) is 12.2. The molecule has 0 fully saturated rings. The van der Waals surface area contributed by atoms with E-state index in [0.717, 1.165) is 55.2 Å². The predicted molar refractivity (Wildman–Crippen MR) is 318 cm³/mol. The van der Waals surface area contributed by atoms with Crippen LogP contribution in [0.3, 0.4) is 0 Å². The Kier molecular flexibility index (Phi) is 9.99. The molecule has 350 valence electrons. The Morgan fingerprint density at radius 3 is 1.31 bits per heavy atom. The van der Waals surface area contributed by atoms with Crippen molar-refractivity contribution in [2.24, 2.45) is 0 Å². The number of para-hydroxylation sites is 1. The van der Waals surface area contributed by atoms with Crippen LogP contribution in [0.1, 0.15) is 22.6 Å². The maximum atomic E-state index is 6.96. The van der Waals surface area contributed by atoms with Gasteiger partial charge in [0, 0.05) is 39.0 Å². The van der Waals surface area contributed by atoms with Crippen LogP contribution in [-0.2, 0) is 0 Å². The third kappa shape index (κ3) is 7.02. The highest BCUT2D eigenvalue weighted by atomic mass is 16.3.